The van der Waals surface area contributed by atoms with Crippen LogP contribution < -0.4 is 5.32 Å². The average molecular weight is 322 g/mol. The van der Waals surface area contributed by atoms with Crippen LogP contribution in [0.15, 0.2) is 54.6 Å². The summed E-state index contributed by atoms with van der Waals surface area (Å²) in [5.74, 6) is 0.247. The van der Waals surface area contributed by atoms with Crippen LogP contribution in [-0.2, 0) is 4.79 Å². The molecule has 2 aromatic rings. The summed E-state index contributed by atoms with van der Waals surface area (Å²) in [6.45, 7) is 4.02. The summed E-state index contributed by atoms with van der Waals surface area (Å²) in [6, 6.07) is 18.5. The van der Waals surface area contributed by atoms with Crippen molar-refractivity contribution in [1.82, 2.24) is 10.2 Å². The standard InChI is InChI=1S/C21H26N2O/c1-16-8-6-11-18(14-16)20(17-9-4-3-5-10-17)22-21(24)19-12-7-13-23(2)15-19/h3-6,8-11,14,19-20H,7,12-13,15H2,1-2H3,(H,22,24)/t19-,20-/m0/s1. The Labute approximate surface area is 144 Å². The van der Waals surface area contributed by atoms with Gasteiger partial charge in [-0.2, -0.15) is 0 Å². The summed E-state index contributed by atoms with van der Waals surface area (Å²) >= 11 is 0. The average Bonchev–Trinajstić information content (AvgIpc) is 2.60. The number of hydrogen-bond acceptors (Lipinski definition) is 2. The highest BCUT2D eigenvalue weighted by Crippen LogP contribution is 2.24. The van der Waals surface area contributed by atoms with Gasteiger partial charge in [0.15, 0.2) is 0 Å². The van der Waals surface area contributed by atoms with Crippen LogP contribution in [0.5, 0.6) is 0 Å². The Kier molecular flexibility index (Phi) is 5.31. The van der Waals surface area contributed by atoms with Crippen LogP contribution in [0.4, 0.5) is 0 Å². The normalized spacial score (nSPS) is 19.7. The van der Waals surface area contributed by atoms with Crippen LogP contribution in [-0.4, -0.2) is 30.9 Å². The Hall–Kier alpha value is -2.13. The van der Waals surface area contributed by atoms with E-state index in [1.54, 1.807) is 0 Å². The number of carbonyl (C=O) groups excluding carboxylic acids is 1. The predicted octanol–water partition coefficient (Wildman–Crippen LogP) is 3.54. The SMILES string of the molecule is Cc1cccc([C@@H](NC(=O)[C@H]2CCCN(C)C2)c2ccccc2)c1. The Morgan fingerprint density at radius 2 is 1.88 bits per heavy atom. The fourth-order valence-corrected chi connectivity index (χ4v) is 3.49. The molecule has 1 saturated heterocycles. The van der Waals surface area contributed by atoms with Crippen molar-refractivity contribution in [2.45, 2.75) is 25.8 Å². The quantitative estimate of drug-likeness (QED) is 0.934. The Balaban J connectivity index is 1.84. The van der Waals surface area contributed by atoms with E-state index < -0.39 is 0 Å². The van der Waals surface area contributed by atoms with Crippen molar-refractivity contribution >= 4 is 5.91 Å². The molecule has 24 heavy (non-hydrogen) atoms. The number of piperidine rings is 1. The summed E-state index contributed by atoms with van der Waals surface area (Å²) in [6.07, 6.45) is 2.07. The molecule has 0 aromatic heterocycles. The lowest BCUT2D eigenvalue weighted by Crippen LogP contribution is -2.42. The summed E-state index contributed by atoms with van der Waals surface area (Å²) < 4.78 is 0. The molecule has 0 bridgehead atoms. The van der Waals surface area contributed by atoms with Crippen molar-refractivity contribution in [2.24, 2.45) is 5.92 Å². The number of hydrogen-bond donors (Lipinski definition) is 1. The lowest BCUT2D eigenvalue weighted by atomic mass is 9.94. The monoisotopic (exact) mass is 322 g/mol. The molecular formula is C21H26N2O. The summed E-state index contributed by atoms with van der Waals surface area (Å²) in [5.41, 5.74) is 3.47. The maximum atomic E-state index is 12.8. The maximum absolute atomic E-state index is 12.8. The third-order valence-corrected chi connectivity index (χ3v) is 4.79. The van der Waals surface area contributed by atoms with E-state index in [0.717, 1.165) is 37.1 Å². The van der Waals surface area contributed by atoms with Gasteiger partial charge in [0.05, 0.1) is 12.0 Å². The number of carbonyl (C=O) groups is 1. The van der Waals surface area contributed by atoms with E-state index in [0.29, 0.717) is 0 Å². The van der Waals surface area contributed by atoms with E-state index >= 15 is 0 Å². The molecule has 0 saturated carbocycles. The highest BCUT2D eigenvalue weighted by Gasteiger charge is 2.26. The van der Waals surface area contributed by atoms with E-state index in [4.69, 9.17) is 0 Å². The molecule has 1 heterocycles. The first-order valence-electron chi connectivity index (χ1n) is 8.74. The largest absolute Gasteiger partial charge is 0.345 e. The highest BCUT2D eigenvalue weighted by atomic mass is 16.2. The minimum absolute atomic E-state index is 0.0831. The van der Waals surface area contributed by atoms with Gasteiger partial charge in [-0.25, -0.2) is 0 Å². The predicted molar refractivity (Wildman–Crippen MR) is 97.8 cm³/mol. The highest BCUT2D eigenvalue weighted by molar-refractivity contribution is 5.80. The molecule has 0 spiro atoms. The number of nitrogens with zero attached hydrogens (tertiary/aromatic N) is 1. The van der Waals surface area contributed by atoms with E-state index in [-0.39, 0.29) is 17.9 Å². The second kappa shape index (κ2) is 7.63. The summed E-state index contributed by atoms with van der Waals surface area (Å²) in [5, 5.41) is 3.30. The fraction of sp³-hybridized carbons (Fsp3) is 0.381. The van der Waals surface area contributed by atoms with Crippen LogP contribution in [0.25, 0.3) is 0 Å². The van der Waals surface area contributed by atoms with Crippen molar-refractivity contribution in [3.8, 4) is 0 Å². The number of nitrogens with one attached hydrogen (secondary N) is 1. The number of rotatable bonds is 4. The van der Waals surface area contributed by atoms with Crippen molar-refractivity contribution in [1.29, 1.82) is 0 Å². The molecule has 1 fully saturated rings. The van der Waals surface area contributed by atoms with Crippen LogP contribution in [0.3, 0.4) is 0 Å². The Morgan fingerprint density at radius 1 is 1.12 bits per heavy atom. The van der Waals surface area contributed by atoms with Gasteiger partial charge >= 0.3 is 0 Å². The van der Waals surface area contributed by atoms with Crippen LogP contribution in [0.2, 0.25) is 0 Å². The van der Waals surface area contributed by atoms with Gasteiger partial charge in [-0.05, 0) is 44.5 Å². The van der Waals surface area contributed by atoms with Crippen molar-refractivity contribution < 1.29 is 4.79 Å². The molecular weight excluding hydrogens is 296 g/mol. The zero-order chi connectivity index (χ0) is 16.9. The molecule has 126 valence electrons. The third kappa shape index (κ3) is 4.04. The molecule has 1 N–H and O–H groups in total. The first kappa shape index (κ1) is 16.7. The minimum atomic E-state index is -0.0918. The molecule has 0 aliphatic carbocycles. The van der Waals surface area contributed by atoms with Gasteiger partial charge in [0.1, 0.15) is 0 Å². The molecule has 0 radical (unpaired) electrons. The Bertz CT molecular complexity index is 683. The van der Waals surface area contributed by atoms with Crippen LogP contribution in [0, 0.1) is 12.8 Å². The van der Waals surface area contributed by atoms with Gasteiger partial charge < -0.3 is 10.2 Å². The molecule has 3 heteroatoms. The minimum Gasteiger partial charge on any atom is -0.345 e. The molecule has 1 aliphatic rings. The molecule has 3 nitrogen and oxygen atoms in total. The maximum Gasteiger partial charge on any atom is 0.225 e. The number of amides is 1. The molecule has 1 aliphatic heterocycles. The molecule has 1 amide bonds. The zero-order valence-corrected chi connectivity index (χ0v) is 14.5. The summed E-state index contributed by atoms with van der Waals surface area (Å²) in [7, 11) is 2.09. The second-order valence-electron chi connectivity index (χ2n) is 6.87. The van der Waals surface area contributed by atoms with Crippen LogP contribution >= 0.6 is 0 Å². The van der Waals surface area contributed by atoms with Gasteiger partial charge in [0.2, 0.25) is 5.91 Å². The first-order valence-corrected chi connectivity index (χ1v) is 8.74. The molecule has 2 aromatic carbocycles. The lowest BCUT2D eigenvalue weighted by molar-refractivity contribution is -0.127. The van der Waals surface area contributed by atoms with E-state index in [9.17, 15) is 4.79 Å². The smallest absolute Gasteiger partial charge is 0.225 e. The zero-order valence-electron chi connectivity index (χ0n) is 14.5. The van der Waals surface area contributed by atoms with Gasteiger partial charge in [0, 0.05) is 6.54 Å². The van der Waals surface area contributed by atoms with E-state index in [1.807, 2.05) is 18.2 Å². The summed E-state index contributed by atoms with van der Waals surface area (Å²) in [4.78, 5) is 15.1. The van der Waals surface area contributed by atoms with Gasteiger partial charge in [-0.3, -0.25) is 4.79 Å². The molecule has 0 unspecified atom stereocenters. The van der Waals surface area contributed by atoms with Crippen LogP contribution in [0.1, 0.15) is 35.6 Å². The van der Waals surface area contributed by atoms with Gasteiger partial charge in [0.25, 0.3) is 0 Å². The van der Waals surface area contributed by atoms with Crippen molar-refractivity contribution in [3.05, 3.63) is 71.3 Å². The first-order chi connectivity index (χ1) is 11.6. The Morgan fingerprint density at radius 3 is 2.58 bits per heavy atom. The van der Waals surface area contributed by atoms with Gasteiger partial charge in [-0.15, -0.1) is 0 Å². The van der Waals surface area contributed by atoms with E-state index in [1.165, 1.54) is 5.56 Å². The number of aryl methyl sites for hydroxylation is 1. The second-order valence-corrected chi connectivity index (χ2v) is 6.87. The number of benzene rings is 2. The fourth-order valence-electron chi connectivity index (χ4n) is 3.49. The molecule has 2 atom stereocenters. The van der Waals surface area contributed by atoms with E-state index in [2.05, 4.69) is 60.6 Å². The molecule has 3 rings (SSSR count). The van der Waals surface area contributed by atoms with Crippen molar-refractivity contribution in [3.63, 3.8) is 0 Å². The third-order valence-electron chi connectivity index (χ3n) is 4.79. The van der Waals surface area contributed by atoms with Gasteiger partial charge in [-0.1, -0.05) is 60.2 Å². The lowest BCUT2D eigenvalue weighted by Gasteiger charge is -2.30. The topological polar surface area (TPSA) is 32.3 Å². The number of likely N-dealkylation sites (tertiary alicyclic amines) is 1. The van der Waals surface area contributed by atoms with Crippen molar-refractivity contribution in [2.75, 3.05) is 20.1 Å².